The number of para-hydroxylation sites is 1. The van der Waals surface area contributed by atoms with Gasteiger partial charge in [0.25, 0.3) is 5.91 Å². The van der Waals surface area contributed by atoms with Crippen LogP contribution in [0.3, 0.4) is 0 Å². The monoisotopic (exact) mass is 350 g/mol. The Morgan fingerprint density at radius 2 is 1.81 bits per heavy atom. The van der Waals surface area contributed by atoms with Crippen molar-refractivity contribution in [3.05, 3.63) is 65.2 Å². The Morgan fingerprint density at radius 3 is 2.50 bits per heavy atom. The number of aryl methyl sites for hydroxylation is 1. The Hall–Kier alpha value is -2.95. The number of hydrogen-bond donors (Lipinski definition) is 0. The second-order valence-electron chi connectivity index (χ2n) is 6.90. The van der Waals surface area contributed by atoms with Crippen LogP contribution in [0.5, 0.6) is 0 Å². The summed E-state index contributed by atoms with van der Waals surface area (Å²) in [5.41, 5.74) is 3.82. The lowest BCUT2D eigenvalue weighted by atomic mass is 10.1. The van der Waals surface area contributed by atoms with Gasteiger partial charge in [-0.25, -0.2) is 4.79 Å². The molecular formula is C21H22N2O3. The summed E-state index contributed by atoms with van der Waals surface area (Å²) < 4.78 is 0. The maximum atomic E-state index is 12.9. The number of oxime groups is 1. The van der Waals surface area contributed by atoms with E-state index in [-0.39, 0.29) is 24.0 Å². The van der Waals surface area contributed by atoms with E-state index in [0.717, 1.165) is 11.3 Å². The molecule has 1 aliphatic heterocycles. The summed E-state index contributed by atoms with van der Waals surface area (Å²) >= 11 is 0. The van der Waals surface area contributed by atoms with Crippen molar-refractivity contribution in [2.24, 2.45) is 11.1 Å². The summed E-state index contributed by atoms with van der Waals surface area (Å²) in [6.45, 7) is 6.31. The lowest BCUT2D eigenvalue weighted by Crippen LogP contribution is -2.29. The molecule has 0 bridgehead atoms. The zero-order chi connectivity index (χ0) is 18.7. The van der Waals surface area contributed by atoms with E-state index in [2.05, 4.69) is 5.16 Å². The molecule has 0 aliphatic carbocycles. The summed E-state index contributed by atoms with van der Waals surface area (Å²) in [6, 6.07) is 15.5. The molecule has 0 N–H and O–H groups in total. The topological polar surface area (TPSA) is 59.0 Å². The SMILES string of the molecule is Cc1ccc(CN2C(=O)/C(=N/OC(=O)CC(C)C)c3ccccc32)cc1. The number of rotatable bonds is 5. The van der Waals surface area contributed by atoms with Gasteiger partial charge in [-0.05, 0) is 24.5 Å². The van der Waals surface area contributed by atoms with E-state index in [1.165, 1.54) is 5.56 Å². The molecule has 0 saturated heterocycles. The van der Waals surface area contributed by atoms with Crippen LogP contribution in [-0.4, -0.2) is 17.6 Å². The quantitative estimate of drug-likeness (QED) is 0.608. The molecule has 0 radical (unpaired) electrons. The predicted octanol–water partition coefficient (Wildman–Crippen LogP) is 3.84. The van der Waals surface area contributed by atoms with E-state index in [4.69, 9.17) is 4.84 Å². The fourth-order valence-electron chi connectivity index (χ4n) is 2.85. The first-order valence-corrected chi connectivity index (χ1v) is 8.70. The molecule has 0 fully saturated rings. The normalized spacial score (nSPS) is 14.8. The number of amides is 1. The second-order valence-corrected chi connectivity index (χ2v) is 6.90. The number of carbonyl (C=O) groups is 2. The maximum absolute atomic E-state index is 12.9. The van der Waals surface area contributed by atoms with Crippen molar-refractivity contribution < 1.29 is 14.4 Å². The van der Waals surface area contributed by atoms with E-state index in [1.807, 2.05) is 69.3 Å². The fourth-order valence-corrected chi connectivity index (χ4v) is 2.85. The van der Waals surface area contributed by atoms with E-state index < -0.39 is 5.97 Å². The zero-order valence-corrected chi connectivity index (χ0v) is 15.2. The third kappa shape index (κ3) is 3.82. The summed E-state index contributed by atoms with van der Waals surface area (Å²) in [4.78, 5) is 31.3. The van der Waals surface area contributed by atoms with Gasteiger partial charge in [0.15, 0.2) is 5.71 Å². The molecule has 2 aromatic rings. The summed E-state index contributed by atoms with van der Waals surface area (Å²) in [7, 11) is 0. The Labute approximate surface area is 153 Å². The molecule has 2 aromatic carbocycles. The van der Waals surface area contributed by atoms with Crippen molar-refractivity contribution in [2.45, 2.75) is 33.7 Å². The van der Waals surface area contributed by atoms with Gasteiger partial charge in [-0.15, -0.1) is 0 Å². The van der Waals surface area contributed by atoms with Gasteiger partial charge in [-0.3, -0.25) is 4.79 Å². The lowest BCUT2D eigenvalue weighted by molar-refractivity contribution is -0.144. The maximum Gasteiger partial charge on any atom is 0.335 e. The van der Waals surface area contributed by atoms with Crippen LogP contribution in [0.4, 0.5) is 5.69 Å². The van der Waals surface area contributed by atoms with Crippen molar-refractivity contribution >= 4 is 23.3 Å². The molecule has 0 saturated carbocycles. The number of nitrogens with zero attached hydrogens (tertiary/aromatic N) is 2. The predicted molar refractivity (Wildman–Crippen MR) is 101 cm³/mol. The van der Waals surface area contributed by atoms with Gasteiger partial charge in [-0.2, -0.15) is 0 Å². The molecule has 26 heavy (non-hydrogen) atoms. The Bertz CT molecular complexity index is 854. The van der Waals surface area contributed by atoms with Gasteiger partial charge in [0.2, 0.25) is 0 Å². The molecule has 1 aliphatic rings. The third-order valence-electron chi connectivity index (χ3n) is 4.17. The van der Waals surface area contributed by atoms with Crippen molar-refractivity contribution in [1.29, 1.82) is 0 Å². The minimum atomic E-state index is -0.435. The molecule has 1 heterocycles. The van der Waals surface area contributed by atoms with Crippen LogP contribution < -0.4 is 4.90 Å². The average Bonchev–Trinajstić information content (AvgIpc) is 2.86. The molecule has 1 amide bonds. The van der Waals surface area contributed by atoms with Gasteiger partial charge in [0.1, 0.15) is 0 Å². The summed E-state index contributed by atoms with van der Waals surface area (Å²) in [5.74, 6) is -0.522. The smallest absolute Gasteiger partial charge is 0.317 e. The van der Waals surface area contributed by atoms with Gasteiger partial charge < -0.3 is 9.74 Å². The van der Waals surface area contributed by atoms with Crippen LogP contribution >= 0.6 is 0 Å². The van der Waals surface area contributed by atoms with Crippen LogP contribution in [0.1, 0.15) is 37.0 Å². The van der Waals surface area contributed by atoms with Crippen molar-refractivity contribution in [1.82, 2.24) is 0 Å². The fraction of sp³-hybridized carbons (Fsp3) is 0.286. The van der Waals surface area contributed by atoms with Crippen LogP contribution in [0.15, 0.2) is 53.7 Å². The highest BCUT2D eigenvalue weighted by molar-refractivity contribution is 6.54. The number of hydrogen-bond acceptors (Lipinski definition) is 4. The largest absolute Gasteiger partial charge is 0.335 e. The first-order chi connectivity index (χ1) is 12.5. The van der Waals surface area contributed by atoms with Crippen molar-refractivity contribution in [3.8, 4) is 0 Å². The highest BCUT2D eigenvalue weighted by Gasteiger charge is 2.34. The number of benzene rings is 2. The highest BCUT2D eigenvalue weighted by atomic mass is 16.7. The Morgan fingerprint density at radius 1 is 1.12 bits per heavy atom. The Kier molecular flexibility index (Phi) is 5.16. The van der Waals surface area contributed by atoms with Crippen LogP contribution in [0, 0.1) is 12.8 Å². The van der Waals surface area contributed by atoms with E-state index >= 15 is 0 Å². The van der Waals surface area contributed by atoms with E-state index in [1.54, 1.807) is 4.90 Å². The van der Waals surface area contributed by atoms with E-state index in [0.29, 0.717) is 12.1 Å². The molecule has 0 atom stereocenters. The minimum absolute atomic E-state index is 0.171. The third-order valence-corrected chi connectivity index (χ3v) is 4.17. The number of carbonyl (C=O) groups excluding carboxylic acids is 2. The van der Waals surface area contributed by atoms with Crippen molar-refractivity contribution in [2.75, 3.05) is 4.90 Å². The van der Waals surface area contributed by atoms with Crippen molar-refractivity contribution in [3.63, 3.8) is 0 Å². The second kappa shape index (κ2) is 7.52. The lowest BCUT2D eigenvalue weighted by Gasteiger charge is -2.16. The van der Waals surface area contributed by atoms with E-state index in [9.17, 15) is 9.59 Å². The molecule has 134 valence electrons. The average molecular weight is 350 g/mol. The van der Waals surface area contributed by atoms with Gasteiger partial charge >= 0.3 is 5.97 Å². The molecule has 5 nitrogen and oxygen atoms in total. The van der Waals surface area contributed by atoms with Gasteiger partial charge in [-0.1, -0.05) is 67.0 Å². The molecule has 5 heteroatoms. The summed E-state index contributed by atoms with van der Waals surface area (Å²) in [6.07, 6.45) is 0.264. The Balaban J connectivity index is 1.86. The molecule has 0 aromatic heterocycles. The number of anilines is 1. The first kappa shape index (κ1) is 17.9. The van der Waals surface area contributed by atoms with Gasteiger partial charge in [0.05, 0.1) is 18.7 Å². The standard InChI is InChI=1S/C21H22N2O3/c1-14(2)12-19(24)26-22-20-17-6-4-5-7-18(17)23(21(20)25)13-16-10-8-15(3)9-11-16/h4-11,14H,12-13H2,1-3H3/b22-20+. The molecular weight excluding hydrogens is 328 g/mol. The minimum Gasteiger partial charge on any atom is -0.317 e. The van der Waals surface area contributed by atoms with Gasteiger partial charge in [0, 0.05) is 5.56 Å². The van der Waals surface area contributed by atoms with Crippen LogP contribution in [0.25, 0.3) is 0 Å². The molecule has 0 spiro atoms. The molecule has 3 rings (SSSR count). The first-order valence-electron chi connectivity index (χ1n) is 8.70. The van der Waals surface area contributed by atoms with Crippen LogP contribution in [-0.2, 0) is 21.0 Å². The van der Waals surface area contributed by atoms with Crippen LogP contribution in [0.2, 0.25) is 0 Å². The summed E-state index contributed by atoms with van der Waals surface area (Å²) in [5, 5.41) is 3.88. The highest BCUT2D eigenvalue weighted by Crippen LogP contribution is 2.30. The zero-order valence-electron chi connectivity index (χ0n) is 15.2. The number of fused-ring (bicyclic) bond motifs is 1. The molecule has 0 unspecified atom stereocenters.